The molecule has 4 nitrogen and oxygen atoms in total. The Morgan fingerprint density at radius 2 is 1.90 bits per heavy atom. The summed E-state index contributed by atoms with van der Waals surface area (Å²) in [5.41, 5.74) is -0.834. The second-order valence-electron chi connectivity index (χ2n) is 7.45. The van der Waals surface area contributed by atoms with Gasteiger partial charge in [-0.25, -0.2) is 4.79 Å². The third-order valence-electron chi connectivity index (χ3n) is 5.16. The van der Waals surface area contributed by atoms with E-state index >= 15 is 0 Å². The minimum atomic E-state index is -0.492. The van der Waals surface area contributed by atoms with E-state index in [2.05, 4.69) is 13.8 Å². The van der Waals surface area contributed by atoms with E-state index < -0.39 is 5.60 Å². The van der Waals surface area contributed by atoms with Crippen LogP contribution in [0.2, 0.25) is 0 Å². The molecular formula is C17H29NO3. The van der Waals surface area contributed by atoms with E-state index in [1.54, 1.807) is 0 Å². The maximum atomic E-state index is 12.6. The summed E-state index contributed by atoms with van der Waals surface area (Å²) in [6.07, 6.45) is 4.27. The highest BCUT2D eigenvalue weighted by Gasteiger charge is 2.62. The van der Waals surface area contributed by atoms with Crippen LogP contribution in [0.25, 0.3) is 0 Å². The summed E-state index contributed by atoms with van der Waals surface area (Å²) in [6.45, 7) is 10.5. The molecule has 1 aliphatic heterocycles. The van der Waals surface area contributed by atoms with Crippen molar-refractivity contribution in [2.24, 2.45) is 11.3 Å². The molecule has 120 valence electrons. The van der Waals surface area contributed by atoms with Crippen molar-refractivity contribution in [2.45, 2.75) is 78.4 Å². The Bertz CT molecular complexity index is 420. The fourth-order valence-electron chi connectivity index (χ4n) is 4.08. The summed E-state index contributed by atoms with van der Waals surface area (Å²) < 4.78 is 5.58. The molecule has 4 heteroatoms. The molecule has 1 amide bonds. The van der Waals surface area contributed by atoms with E-state index in [4.69, 9.17) is 4.74 Å². The molecule has 2 atom stereocenters. The van der Waals surface area contributed by atoms with Crippen molar-refractivity contribution < 1.29 is 14.3 Å². The SMILES string of the molecule is CCC1(CC)C(=O)C2CCCCN(C(=O)OC(C)(C)C)C21. The lowest BCUT2D eigenvalue weighted by molar-refractivity contribution is -0.160. The molecule has 0 radical (unpaired) electrons. The van der Waals surface area contributed by atoms with E-state index in [0.717, 1.165) is 32.1 Å². The van der Waals surface area contributed by atoms with Crippen molar-refractivity contribution >= 4 is 11.9 Å². The van der Waals surface area contributed by atoms with Crippen LogP contribution in [0, 0.1) is 11.3 Å². The van der Waals surface area contributed by atoms with Crippen LogP contribution in [0.3, 0.4) is 0 Å². The van der Waals surface area contributed by atoms with Crippen LogP contribution in [-0.2, 0) is 9.53 Å². The summed E-state index contributed by atoms with van der Waals surface area (Å²) in [7, 11) is 0. The Morgan fingerprint density at radius 1 is 1.29 bits per heavy atom. The van der Waals surface area contributed by atoms with Crippen molar-refractivity contribution in [3.05, 3.63) is 0 Å². The molecule has 0 bridgehead atoms. The first-order valence-electron chi connectivity index (χ1n) is 8.30. The Kier molecular flexibility index (Phi) is 4.36. The molecule has 0 spiro atoms. The number of nitrogens with zero attached hydrogens (tertiary/aromatic N) is 1. The van der Waals surface area contributed by atoms with Crippen LogP contribution in [0.5, 0.6) is 0 Å². The molecule has 2 unspecified atom stereocenters. The van der Waals surface area contributed by atoms with Gasteiger partial charge in [0.15, 0.2) is 0 Å². The molecule has 0 aromatic rings. The third-order valence-corrected chi connectivity index (χ3v) is 5.16. The molecule has 1 saturated carbocycles. The van der Waals surface area contributed by atoms with Gasteiger partial charge in [0.2, 0.25) is 0 Å². The third kappa shape index (κ3) is 2.69. The van der Waals surface area contributed by atoms with Gasteiger partial charge in [0.05, 0.1) is 11.5 Å². The first-order valence-corrected chi connectivity index (χ1v) is 8.30. The highest BCUT2D eigenvalue weighted by atomic mass is 16.6. The van der Waals surface area contributed by atoms with E-state index in [9.17, 15) is 9.59 Å². The van der Waals surface area contributed by atoms with Crippen LogP contribution in [-0.4, -0.2) is 35.0 Å². The summed E-state index contributed by atoms with van der Waals surface area (Å²) in [5.74, 6) is 0.396. The van der Waals surface area contributed by atoms with Gasteiger partial charge in [-0.1, -0.05) is 20.3 Å². The molecule has 2 rings (SSSR count). The molecule has 0 aromatic carbocycles. The standard InChI is InChI=1S/C17H29NO3/c1-6-17(7-2)13-12(14(17)19)10-8-9-11-18(13)15(20)21-16(3,4)5/h12-13H,6-11H2,1-5H3. The van der Waals surface area contributed by atoms with Gasteiger partial charge in [0.25, 0.3) is 0 Å². The van der Waals surface area contributed by atoms with Crippen molar-refractivity contribution in [3.8, 4) is 0 Å². The maximum Gasteiger partial charge on any atom is 0.410 e. The Morgan fingerprint density at radius 3 is 2.43 bits per heavy atom. The molecule has 0 N–H and O–H groups in total. The normalized spacial score (nSPS) is 28.4. The summed E-state index contributed by atoms with van der Waals surface area (Å²) >= 11 is 0. The van der Waals surface area contributed by atoms with Gasteiger partial charge in [-0.2, -0.15) is 0 Å². The second kappa shape index (κ2) is 5.62. The number of likely N-dealkylation sites (tertiary alicyclic amines) is 1. The topological polar surface area (TPSA) is 46.6 Å². The molecule has 0 aromatic heterocycles. The molecular weight excluding hydrogens is 266 g/mol. The zero-order chi connectivity index (χ0) is 15.8. The fourth-order valence-corrected chi connectivity index (χ4v) is 4.08. The average Bonchev–Trinajstić information content (AvgIpc) is 2.59. The number of rotatable bonds is 2. The fraction of sp³-hybridized carbons (Fsp3) is 0.882. The zero-order valence-electron chi connectivity index (χ0n) is 14.1. The Balaban J connectivity index is 2.27. The molecule has 2 fully saturated rings. The number of hydrogen-bond donors (Lipinski definition) is 0. The Hall–Kier alpha value is -1.06. The maximum absolute atomic E-state index is 12.6. The first kappa shape index (κ1) is 16.3. The van der Waals surface area contributed by atoms with E-state index in [1.807, 2.05) is 25.7 Å². The van der Waals surface area contributed by atoms with Gasteiger partial charge < -0.3 is 9.64 Å². The summed E-state index contributed by atoms with van der Waals surface area (Å²) in [5, 5.41) is 0. The predicted octanol–water partition coefficient (Wildman–Crippen LogP) is 3.78. The summed E-state index contributed by atoms with van der Waals surface area (Å²) in [4.78, 5) is 27.0. The van der Waals surface area contributed by atoms with Crippen LogP contribution in [0.1, 0.15) is 66.7 Å². The number of carbonyl (C=O) groups excluding carboxylic acids is 2. The molecule has 21 heavy (non-hydrogen) atoms. The van der Waals surface area contributed by atoms with E-state index in [0.29, 0.717) is 12.3 Å². The number of ketones is 1. The highest BCUT2D eigenvalue weighted by Crippen LogP contribution is 2.53. The lowest BCUT2D eigenvalue weighted by Crippen LogP contribution is -2.68. The van der Waals surface area contributed by atoms with Crippen LogP contribution >= 0.6 is 0 Å². The number of Topliss-reactive ketones (excluding diaryl/α,β-unsaturated/α-hetero) is 1. The number of hydrogen-bond acceptors (Lipinski definition) is 3. The average molecular weight is 295 g/mol. The van der Waals surface area contributed by atoms with E-state index in [1.165, 1.54) is 0 Å². The van der Waals surface area contributed by atoms with Gasteiger partial charge in [-0.3, -0.25) is 4.79 Å². The molecule has 1 aliphatic carbocycles. The molecule has 1 saturated heterocycles. The zero-order valence-corrected chi connectivity index (χ0v) is 14.1. The second-order valence-corrected chi connectivity index (χ2v) is 7.45. The van der Waals surface area contributed by atoms with Crippen molar-refractivity contribution in [1.82, 2.24) is 4.90 Å². The number of carbonyl (C=O) groups is 2. The lowest BCUT2D eigenvalue weighted by Gasteiger charge is -2.56. The van der Waals surface area contributed by atoms with Crippen molar-refractivity contribution in [2.75, 3.05) is 6.54 Å². The largest absolute Gasteiger partial charge is 0.444 e. The van der Waals surface area contributed by atoms with Crippen molar-refractivity contribution in [3.63, 3.8) is 0 Å². The van der Waals surface area contributed by atoms with Crippen LogP contribution < -0.4 is 0 Å². The van der Waals surface area contributed by atoms with Gasteiger partial charge in [0, 0.05) is 12.5 Å². The number of amides is 1. The highest BCUT2D eigenvalue weighted by molar-refractivity contribution is 5.96. The van der Waals surface area contributed by atoms with Gasteiger partial charge in [-0.05, 0) is 46.5 Å². The summed E-state index contributed by atoms with van der Waals surface area (Å²) in [6, 6.07) is 0.0392. The lowest BCUT2D eigenvalue weighted by atomic mass is 9.53. The van der Waals surface area contributed by atoms with Crippen LogP contribution in [0.4, 0.5) is 4.79 Å². The minimum Gasteiger partial charge on any atom is -0.444 e. The molecule has 2 aliphatic rings. The monoisotopic (exact) mass is 295 g/mol. The smallest absolute Gasteiger partial charge is 0.410 e. The van der Waals surface area contributed by atoms with Gasteiger partial charge >= 0.3 is 6.09 Å². The van der Waals surface area contributed by atoms with Crippen LogP contribution in [0.15, 0.2) is 0 Å². The molecule has 1 heterocycles. The first-order chi connectivity index (χ1) is 9.77. The van der Waals surface area contributed by atoms with Gasteiger partial charge in [0.1, 0.15) is 11.4 Å². The van der Waals surface area contributed by atoms with Gasteiger partial charge in [-0.15, -0.1) is 0 Å². The number of ether oxygens (including phenoxy) is 1. The van der Waals surface area contributed by atoms with Crippen molar-refractivity contribution in [1.29, 1.82) is 0 Å². The predicted molar refractivity (Wildman–Crippen MR) is 82.1 cm³/mol. The minimum absolute atomic E-state index is 0.0277. The Labute approximate surface area is 128 Å². The van der Waals surface area contributed by atoms with E-state index in [-0.39, 0.29) is 23.5 Å². The quantitative estimate of drug-likeness (QED) is 0.779. The number of fused-ring (bicyclic) bond motifs is 1.